The highest BCUT2D eigenvalue weighted by Gasteiger charge is 2.14. The maximum atomic E-state index is 6.28. The second kappa shape index (κ2) is 7.12. The summed E-state index contributed by atoms with van der Waals surface area (Å²) < 4.78 is 0. The van der Waals surface area contributed by atoms with E-state index in [9.17, 15) is 0 Å². The number of halogens is 2. The molecular formula is C17H19Cl2N. The lowest BCUT2D eigenvalue weighted by Gasteiger charge is -2.18. The second-order valence-electron chi connectivity index (χ2n) is 4.88. The smallest absolute Gasteiger partial charge is 0.0454 e. The molecule has 20 heavy (non-hydrogen) atoms. The average molecular weight is 308 g/mol. The molecule has 2 aromatic carbocycles. The number of hydrogen-bond donors (Lipinski definition) is 1. The highest BCUT2D eigenvalue weighted by molar-refractivity contribution is 6.33. The molecular weight excluding hydrogens is 289 g/mol. The molecule has 1 N–H and O–H groups in total. The highest BCUT2D eigenvalue weighted by atomic mass is 35.5. The lowest BCUT2D eigenvalue weighted by molar-refractivity contribution is 0.592. The fourth-order valence-corrected chi connectivity index (χ4v) is 2.73. The van der Waals surface area contributed by atoms with Crippen LogP contribution in [0.5, 0.6) is 0 Å². The third-order valence-corrected chi connectivity index (χ3v) is 4.13. The zero-order valence-electron chi connectivity index (χ0n) is 11.8. The Hall–Kier alpha value is -1.02. The van der Waals surface area contributed by atoms with Crippen LogP contribution < -0.4 is 5.32 Å². The van der Waals surface area contributed by atoms with Crippen molar-refractivity contribution >= 4 is 23.2 Å². The zero-order valence-corrected chi connectivity index (χ0v) is 13.3. The lowest BCUT2D eigenvalue weighted by Crippen LogP contribution is -2.19. The van der Waals surface area contributed by atoms with Crippen LogP contribution in [0.1, 0.15) is 29.7 Å². The fourth-order valence-electron chi connectivity index (χ4n) is 2.30. The SMILES string of the molecule is CCc1ccc(CC(NC)c2cc(Cl)ccc2Cl)cc1. The van der Waals surface area contributed by atoms with Crippen LogP contribution in [0.3, 0.4) is 0 Å². The summed E-state index contributed by atoms with van der Waals surface area (Å²) in [6.07, 6.45) is 1.95. The van der Waals surface area contributed by atoms with Crippen LogP contribution in [0.2, 0.25) is 10.0 Å². The van der Waals surface area contributed by atoms with E-state index in [1.807, 2.05) is 25.2 Å². The van der Waals surface area contributed by atoms with Gasteiger partial charge in [-0.3, -0.25) is 0 Å². The third-order valence-electron chi connectivity index (χ3n) is 3.55. The van der Waals surface area contributed by atoms with E-state index in [1.165, 1.54) is 11.1 Å². The number of aryl methyl sites for hydroxylation is 1. The van der Waals surface area contributed by atoms with Gasteiger partial charge in [0.15, 0.2) is 0 Å². The first-order valence-electron chi connectivity index (χ1n) is 6.84. The maximum absolute atomic E-state index is 6.28. The lowest BCUT2D eigenvalue weighted by atomic mass is 9.98. The molecule has 0 amide bonds. The van der Waals surface area contributed by atoms with Crippen molar-refractivity contribution < 1.29 is 0 Å². The van der Waals surface area contributed by atoms with Gasteiger partial charge >= 0.3 is 0 Å². The van der Waals surface area contributed by atoms with E-state index < -0.39 is 0 Å². The Morgan fingerprint density at radius 1 is 1.00 bits per heavy atom. The monoisotopic (exact) mass is 307 g/mol. The molecule has 106 valence electrons. The molecule has 2 aromatic rings. The molecule has 0 aliphatic carbocycles. The van der Waals surface area contributed by atoms with E-state index >= 15 is 0 Å². The fraction of sp³-hybridized carbons (Fsp3) is 0.294. The Bertz CT molecular complexity index is 564. The third kappa shape index (κ3) is 3.76. The number of nitrogens with one attached hydrogen (secondary N) is 1. The molecule has 0 saturated heterocycles. The molecule has 0 spiro atoms. The van der Waals surface area contributed by atoms with Crippen molar-refractivity contribution in [1.82, 2.24) is 5.32 Å². The molecule has 0 heterocycles. The minimum Gasteiger partial charge on any atom is -0.313 e. The summed E-state index contributed by atoms with van der Waals surface area (Å²) in [7, 11) is 1.95. The van der Waals surface area contributed by atoms with Crippen LogP contribution in [0.25, 0.3) is 0 Å². The van der Waals surface area contributed by atoms with Crippen molar-refractivity contribution in [2.45, 2.75) is 25.8 Å². The summed E-state index contributed by atoms with van der Waals surface area (Å²) in [5.41, 5.74) is 3.69. The van der Waals surface area contributed by atoms with Crippen LogP contribution in [0.15, 0.2) is 42.5 Å². The minimum atomic E-state index is 0.161. The Morgan fingerprint density at radius 3 is 2.25 bits per heavy atom. The van der Waals surface area contributed by atoms with Gasteiger partial charge in [0.05, 0.1) is 0 Å². The molecule has 0 radical (unpaired) electrons. The van der Waals surface area contributed by atoms with Crippen LogP contribution in [-0.4, -0.2) is 7.05 Å². The Labute approximate surface area is 130 Å². The van der Waals surface area contributed by atoms with Gasteiger partial charge in [-0.15, -0.1) is 0 Å². The molecule has 0 bridgehead atoms. The quantitative estimate of drug-likeness (QED) is 0.814. The Balaban J connectivity index is 2.21. The first kappa shape index (κ1) is 15.4. The largest absolute Gasteiger partial charge is 0.313 e. The van der Waals surface area contributed by atoms with Crippen molar-refractivity contribution in [2.75, 3.05) is 7.05 Å². The van der Waals surface area contributed by atoms with Gasteiger partial charge in [-0.05, 0) is 54.8 Å². The van der Waals surface area contributed by atoms with Gasteiger partial charge in [-0.1, -0.05) is 54.4 Å². The van der Waals surface area contributed by atoms with Gasteiger partial charge in [0.25, 0.3) is 0 Å². The van der Waals surface area contributed by atoms with Crippen LogP contribution in [0.4, 0.5) is 0 Å². The van der Waals surface area contributed by atoms with Crippen molar-refractivity contribution in [2.24, 2.45) is 0 Å². The van der Waals surface area contributed by atoms with E-state index in [2.05, 4.69) is 36.5 Å². The predicted molar refractivity (Wildman–Crippen MR) is 87.8 cm³/mol. The molecule has 0 aliphatic heterocycles. The molecule has 1 atom stereocenters. The van der Waals surface area contributed by atoms with Gasteiger partial charge < -0.3 is 5.32 Å². The Kier molecular flexibility index (Phi) is 5.47. The molecule has 3 heteroatoms. The number of hydrogen-bond acceptors (Lipinski definition) is 1. The topological polar surface area (TPSA) is 12.0 Å². The van der Waals surface area contributed by atoms with E-state index in [4.69, 9.17) is 23.2 Å². The number of likely N-dealkylation sites (N-methyl/N-ethyl adjacent to an activating group) is 1. The first-order chi connectivity index (χ1) is 9.63. The first-order valence-corrected chi connectivity index (χ1v) is 7.59. The molecule has 2 rings (SSSR count). The molecule has 0 fully saturated rings. The Morgan fingerprint density at radius 2 is 1.65 bits per heavy atom. The molecule has 1 unspecified atom stereocenters. The van der Waals surface area contributed by atoms with E-state index in [0.29, 0.717) is 5.02 Å². The van der Waals surface area contributed by atoms with Crippen molar-refractivity contribution in [3.8, 4) is 0 Å². The van der Waals surface area contributed by atoms with Gasteiger partial charge in [-0.2, -0.15) is 0 Å². The summed E-state index contributed by atoms with van der Waals surface area (Å²) in [5.74, 6) is 0. The van der Waals surface area contributed by atoms with Crippen LogP contribution in [0, 0.1) is 0 Å². The van der Waals surface area contributed by atoms with Crippen molar-refractivity contribution in [3.05, 3.63) is 69.2 Å². The molecule has 0 saturated carbocycles. The van der Waals surface area contributed by atoms with Crippen molar-refractivity contribution in [3.63, 3.8) is 0 Å². The van der Waals surface area contributed by atoms with E-state index in [-0.39, 0.29) is 6.04 Å². The van der Waals surface area contributed by atoms with Crippen LogP contribution >= 0.6 is 23.2 Å². The predicted octanol–water partition coefficient (Wildman–Crippen LogP) is 5.06. The van der Waals surface area contributed by atoms with Gasteiger partial charge in [0.1, 0.15) is 0 Å². The second-order valence-corrected chi connectivity index (χ2v) is 5.72. The summed E-state index contributed by atoms with van der Waals surface area (Å²) in [6.45, 7) is 2.16. The summed E-state index contributed by atoms with van der Waals surface area (Å²) in [6, 6.07) is 14.5. The minimum absolute atomic E-state index is 0.161. The molecule has 0 aromatic heterocycles. The van der Waals surface area contributed by atoms with Gasteiger partial charge in [0.2, 0.25) is 0 Å². The summed E-state index contributed by atoms with van der Waals surface area (Å²) in [5, 5.41) is 4.78. The molecule has 0 aliphatic rings. The number of rotatable bonds is 5. The van der Waals surface area contributed by atoms with Crippen molar-refractivity contribution in [1.29, 1.82) is 0 Å². The summed E-state index contributed by atoms with van der Waals surface area (Å²) >= 11 is 12.4. The standard InChI is InChI=1S/C17H19Cl2N/c1-3-12-4-6-13(7-5-12)10-17(20-2)15-11-14(18)8-9-16(15)19/h4-9,11,17,20H,3,10H2,1-2H3. The maximum Gasteiger partial charge on any atom is 0.0454 e. The van der Waals surface area contributed by atoms with E-state index in [0.717, 1.165) is 23.4 Å². The normalized spacial score (nSPS) is 12.4. The zero-order chi connectivity index (χ0) is 14.5. The van der Waals surface area contributed by atoms with E-state index in [1.54, 1.807) is 0 Å². The highest BCUT2D eigenvalue weighted by Crippen LogP contribution is 2.28. The summed E-state index contributed by atoms with van der Waals surface area (Å²) in [4.78, 5) is 0. The molecule has 1 nitrogen and oxygen atoms in total. The average Bonchev–Trinajstić information content (AvgIpc) is 2.48. The van der Waals surface area contributed by atoms with Gasteiger partial charge in [0, 0.05) is 16.1 Å². The number of benzene rings is 2. The van der Waals surface area contributed by atoms with Gasteiger partial charge in [-0.25, -0.2) is 0 Å². The van der Waals surface area contributed by atoms with Crippen LogP contribution in [-0.2, 0) is 12.8 Å².